The van der Waals surface area contributed by atoms with Gasteiger partial charge in [0.1, 0.15) is 0 Å². The molecule has 15 heavy (non-hydrogen) atoms. The van der Waals surface area contributed by atoms with E-state index in [0.717, 1.165) is 0 Å². The zero-order valence-corrected chi connectivity index (χ0v) is 18.1. The van der Waals surface area contributed by atoms with E-state index in [1.165, 1.54) is 5.67 Å². The van der Waals surface area contributed by atoms with Crippen LogP contribution in [0.3, 0.4) is 0 Å². The van der Waals surface area contributed by atoms with Crippen molar-refractivity contribution in [2.24, 2.45) is 0 Å². The summed E-state index contributed by atoms with van der Waals surface area (Å²) in [5.74, 6) is 0. The molecule has 0 saturated carbocycles. The molecule has 1 unspecified atom stereocenters. The van der Waals surface area contributed by atoms with Crippen molar-refractivity contribution in [1.82, 2.24) is 0 Å². The van der Waals surface area contributed by atoms with Crippen molar-refractivity contribution in [3.8, 4) is 0 Å². The molecule has 0 aliphatic heterocycles. The van der Waals surface area contributed by atoms with Gasteiger partial charge in [-0.1, -0.05) is 39.3 Å². The largest absolute Gasteiger partial charge is 0.461 e. The third-order valence-corrected chi connectivity index (χ3v) is 19.7. The Kier molecular flexibility index (Phi) is 13.2. The quantitative estimate of drug-likeness (QED) is 0.690. The fourth-order valence-electron chi connectivity index (χ4n) is 2.02. The molecule has 0 bridgehead atoms. The summed E-state index contributed by atoms with van der Waals surface area (Å²) in [6.45, 7) is 14.7. The van der Waals surface area contributed by atoms with Gasteiger partial charge in [-0.05, 0) is 18.8 Å². The molecule has 0 aromatic rings. The van der Waals surface area contributed by atoms with E-state index in [-0.39, 0.29) is 40.1 Å². The first-order valence-electron chi connectivity index (χ1n) is 5.09. The first-order valence-corrected chi connectivity index (χ1v) is 15.3. The standard InChI is InChI=1S/C8H25OSi4.CH4.Y/c1-11(7-12(2,3)4)8-13(5,6)9-10;;/h11H,7-8,10H2,1-6H3;1H4;. The molecule has 0 aliphatic carbocycles. The molecule has 0 aromatic heterocycles. The summed E-state index contributed by atoms with van der Waals surface area (Å²) in [5, 5.41) is 0. The van der Waals surface area contributed by atoms with Gasteiger partial charge in [-0.3, -0.25) is 0 Å². The molecular formula is C9H29OSi4Y. The van der Waals surface area contributed by atoms with Crippen LogP contribution >= 0.6 is 0 Å². The maximum absolute atomic E-state index is 5.64. The third-order valence-electron chi connectivity index (χ3n) is 2.19. The van der Waals surface area contributed by atoms with Gasteiger partial charge in [0.25, 0.3) is 0 Å². The van der Waals surface area contributed by atoms with Crippen molar-refractivity contribution in [3.05, 3.63) is 0 Å². The molecule has 0 spiro atoms. The molecule has 2 radical (unpaired) electrons. The Hall–Kier alpha value is 1.93. The molecule has 0 N–H and O–H groups in total. The molecular weight excluding hydrogens is 325 g/mol. The van der Waals surface area contributed by atoms with Gasteiger partial charge in [-0.25, -0.2) is 0 Å². The molecule has 0 aromatic carbocycles. The molecule has 0 heterocycles. The summed E-state index contributed by atoms with van der Waals surface area (Å²) in [5.41, 5.74) is 3.04. The molecule has 6 heteroatoms. The minimum atomic E-state index is -1.24. The van der Waals surface area contributed by atoms with E-state index < -0.39 is 25.2 Å². The fraction of sp³-hybridized carbons (Fsp3) is 1.00. The Morgan fingerprint density at radius 2 is 1.47 bits per heavy atom. The predicted molar refractivity (Wildman–Crippen MR) is 79.8 cm³/mol. The summed E-state index contributed by atoms with van der Waals surface area (Å²) in [6, 6.07) is 0. The van der Waals surface area contributed by atoms with Gasteiger partial charge in [0, 0.05) is 49.6 Å². The van der Waals surface area contributed by atoms with E-state index >= 15 is 0 Å². The maximum Gasteiger partial charge on any atom is 0.169 e. The summed E-state index contributed by atoms with van der Waals surface area (Å²) < 4.78 is 5.64. The molecule has 0 rings (SSSR count). The van der Waals surface area contributed by atoms with Crippen LogP contribution in [0, 0.1) is 0 Å². The van der Waals surface area contributed by atoms with Gasteiger partial charge < -0.3 is 4.12 Å². The zero-order chi connectivity index (χ0) is 10.7. The van der Waals surface area contributed by atoms with Crippen molar-refractivity contribution in [3.63, 3.8) is 0 Å². The van der Waals surface area contributed by atoms with E-state index in [2.05, 4.69) is 39.3 Å². The molecule has 1 nitrogen and oxygen atoms in total. The molecule has 1 atom stereocenters. The second-order valence-electron chi connectivity index (χ2n) is 5.98. The molecule has 0 amide bonds. The summed E-state index contributed by atoms with van der Waals surface area (Å²) >= 11 is 0. The Bertz CT molecular complexity index is 159. The number of rotatable bonds is 5. The topological polar surface area (TPSA) is 9.23 Å². The van der Waals surface area contributed by atoms with Crippen LogP contribution in [0.2, 0.25) is 50.6 Å². The summed E-state index contributed by atoms with van der Waals surface area (Å²) in [6.07, 6.45) is 0. The second kappa shape index (κ2) is 8.94. The van der Waals surface area contributed by atoms with E-state index in [1.807, 2.05) is 0 Å². The molecule has 0 saturated heterocycles. The van der Waals surface area contributed by atoms with Crippen LogP contribution in [-0.2, 0) is 36.8 Å². The van der Waals surface area contributed by atoms with Gasteiger partial charge >= 0.3 is 0 Å². The van der Waals surface area contributed by atoms with Crippen LogP contribution in [0.25, 0.3) is 0 Å². The van der Waals surface area contributed by atoms with Crippen LogP contribution in [0.1, 0.15) is 7.43 Å². The molecule has 0 aliphatic rings. The van der Waals surface area contributed by atoms with Crippen molar-refractivity contribution in [2.75, 3.05) is 0 Å². The minimum Gasteiger partial charge on any atom is -0.461 e. The number of hydrogen-bond donors (Lipinski definition) is 0. The van der Waals surface area contributed by atoms with Crippen LogP contribution in [0.4, 0.5) is 0 Å². The van der Waals surface area contributed by atoms with Gasteiger partial charge in [0.05, 0.1) is 0 Å². The van der Waals surface area contributed by atoms with Gasteiger partial charge in [-0.2, -0.15) is 0 Å². The fourth-order valence-corrected chi connectivity index (χ4v) is 20.5. The Balaban J connectivity index is -0.000000720. The first kappa shape index (κ1) is 22.1. The summed E-state index contributed by atoms with van der Waals surface area (Å²) in [4.78, 5) is 0. The van der Waals surface area contributed by atoms with E-state index in [4.69, 9.17) is 4.12 Å². The molecule has 90 valence electrons. The van der Waals surface area contributed by atoms with Gasteiger partial charge in [0.2, 0.25) is 0 Å². The summed E-state index contributed by atoms with van der Waals surface area (Å²) in [7, 11) is -0.812. The van der Waals surface area contributed by atoms with E-state index in [0.29, 0.717) is 0 Å². The third kappa shape index (κ3) is 13.9. The van der Waals surface area contributed by atoms with E-state index in [1.54, 1.807) is 16.2 Å². The maximum atomic E-state index is 5.64. The van der Waals surface area contributed by atoms with Crippen LogP contribution in [-0.4, -0.2) is 35.7 Å². The van der Waals surface area contributed by atoms with Crippen LogP contribution in [0.5, 0.6) is 0 Å². The SMILES string of the molecule is C.C[SiH](C[Si](C)(C)C)C[Si](C)(C)O[SiH2].[Y]. The minimum absolute atomic E-state index is 0. The average molecular weight is 355 g/mol. The van der Waals surface area contributed by atoms with Gasteiger partial charge in [-0.15, -0.1) is 0 Å². The van der Waals surface area contributed by atoms with Gasteiger partial charge in [0.15, 0.2) is 18.8 Å². The van der Waals surface area contributed by atoms with Crippen LogP contribution < -0.4 is 0 Å². The van der Waals surface area contributed by atoms with Crippen molar-refractivity contribution < 1.29 is 36.8 Å². The average Bonchev–Trinajstić information content (AvgIpc) is 1.81. The smallest absolute Gasteiger partial charge is 0.169 e. The van der Waals surface area contributed by atoms with E-state index in [9.17, 15) is 0 Å². The van der Waals surface area contributed by atoms with Crippen molar-refractivity contribution in [1.29, 1.82) is 0 Å². The predicted octanol–water partition coefficient (Wildman–Crippen LogP) is 2.66. The zero-order valence-electron chi connectivity index (χ0n) is 10.7. The van der Waals surface area contributed by atoms with Crippen molar-refractivity contribution in [2.45, 2.75) is 58.0 Å². The van der Waals surface area contributed by atoms with Crippen LogP contribution in [0.15, 0.2) is 0 Å². The second-order valence-corrected chi connectivity index (χ2v) is 21.2. The number of hydrogen-bond acceptors (Lipinski definition) is 1. The Morgan fingerprint density at radius 3 is 1.73 bits per heavy atom. The first-order chi connectivity index (χ1) is 5.66. The monoisotopic (exact) mass is 354 g/mol. The Morgan fingerprint density at radius 1 is 1.07 bits per heavy atom. The Labute approximate surface area is 129 Å². The molecule has 0 fully saturated rings. The van der Waals surface area contributed by atoms with Crippen molar-refractivity contribution >= 4 is 35.7 Å². The normalized spacial score (nSPS) is 13.8.